The van der Waals surface area contributed by atoms with Gasteiger partial charge >= 0.3 is 12.1 Å². The van der Waals surface area contributed by atoms with Gasteiger partial charge in [-0.1, -0.05) is 53.7 Å². The van der Waals surface area contributed by atoms with Crippen molar-refractivity contribution in [2.75, 3.05) is 18.1 Å². The van der Waals surface area contributed by atoms with Crippen LogP contribution in [0.4, 0.5) is 25.0 Å². The van der Waals surface area contributed by atoms with Crippen molar-refractivity contribution in [3.05, 3.63) is 89.6 Å². The monoisotopic (exact) mass is 520 g/mol. The van der Waals surface area contributed by atoms with Crippen LogP contribution in [0.5, 0.6) is 0 Å². The molecule has 0 radical (unpaired) electrons. The van der Waals surface area contributed by atoms with Gasteiger partial charge in [-0.3, -0.25) is 4.79 Å². The fourth-order valence-corrected chi connectivity index (χ4v) is 3.99. The van der Waals surface area contributed by atoms with E-state index in [-0.39, 0.29) is 36.1 Å². The van der Waals surface area contributed by atoms with Crippen molar-refractivity contribution in [2.24, 2.45) is 0 Å². The molecule has 1 aromatic heterocycles. The number of ether oxygens (including phenoxy) is 2. The molecule has 0 aliphatic rings. The molecule has 0 atom stereocenters. The second kappa shape index (κ2) is 11.7. The van der Waals surface area contributed by atoms with Crippen LogP contribution in [0.15, 0.2) is 71.3 Å². The quantitative estimate of drug-likeness (QED) is 0.233. The third-order valence-electron chi connectivity index (χ3n) is 5.74. The van der Waals surface area contributed by atoms with Gasteiger partial charge in [0.15, 0.2) is 5.76 Å². The number of carbonyl (C=O) groups excluding carboxylic acids is 2. The molecule has 0 unspecified atom stereocenters. The van der Waals surface area contributed by atoms with Crippen LogP contribution in [0.2, 0.25) is 0 Å². The number of amides is 1. The van der Waals surface area contributed by atoms with Crippen LogP contribution in [0.3, 0.4) is 0 Å². The van der Waals surface area contributed by atoms with Crippen molar-refractivity contribution >= 4 is 23.4 Å². The van der Waals surface area contributed by atoms with Gasteiger partial charge in [0.05, 0.1) is 25.3 Å². The van der Waals surface area contributed by atoms with E-state index in [1.807, 2.05) is 36.4 Å². The third kappa shape index (κ3) is 5.72. The summed E-state index contributed by atoms with van der Waals surface area (Å²) in [7, 11) is 0. The van der Waals surface area contributed by atoms with Gasteiger partial charge < -0.3 is 14.0 Å². The lowest BCUT2D eigenvalue weighted by atomic mass is 10.0. The summed E-state index contributed by atoms with van der Waals surface area (Å²) in [5.41, 5.74) is 3.57. The van der Waals surface area contributed by atoms with Crippen LogP contribution in [0, 0.1) is 18.6 Å². The number of aryl methyl sites for hydroxylation is 1. The number of anilines is 2. The predicted octanol–water partition coefficient (Wildman–Crippen LogP) is 7.00. The second-order valence-corrected chi connectivity index (χ2v) is 8.33. The first-order valence-electron chi connectivity index (χ1n) is 12.1. The van der Waals surface area contributed by atoms with Crippen molar-refractivity contribution in [3.63, 3.8) is 0 Å². The largest absolute Gasteiger partial charge is 0.466 e. The van der Waals surface area contributed by atoms with Crippen LogP contribution in [0.1, 0.15) is 25.1 Å². The average Bonchev–Trinajstić information content (AvgIpc) is 3.27. The van der Waals surface area contributed by atoms with E-state index in [0.29, 0.717) is 23.9 Å². The zero-order valence-electron chi connectivity index (χ0n) is 21.2. The molecule has 0 fully saturated rings. The standard InChI is InChI=1S/C29H26F2N2O5/c1-4-36-26(34)16-19-6-8-20(9-7-19)21-10-12-22(13-11-21)28-27(18(3)32-38-28)33(29(35)37-5-2)25-15-14-23(30)17-24(25)31/h6-15,17H,4-5,16H2,1-3H3. The maximum Gasteiger partial charge on any atom is 0.419 e. The molecule has 38 heavy (non-hydrogen) atoms. The van der Waals surface area contributed by atoms with Crippen molar-refractivity contribution in [2.45, 2.75) is 27.2 Å². The van der Waals surface area contributed by atoms with Crippen molar-refractivity contribution in [3.8, 4) is 22.5 Å². The highest BCUT2D eigenvalue weighted by Crippen LogP contribution is 2.40. The van der Waals surface area contributed by atoms with Crippen LogP contribution in [-0.4, -0.2) is 30.4 Å². The molecule has 9 heteroatoms. The van der Waals surface area contributed by atoms with Gasteiger partial charge in [0.1, 0.15) is 23.0 Å². The van der Waals surface area contributed by atoms with Crippen molar-refractivity contribution in [1.29, 1.82) is 0 Å². The van der Waals surface area contributed by atoms with E-state index < -0.39 is 17.7 Å². The fraction of sp³-hybridized carbons (Fsp3) is 0.207. The first-order chi connectivity index (χ1) is 18.3. The summed E-state index contributed by atoms with van der Waals surface area (Å²) in [6.45, 7) is 5.39. The van der Waals surface area contributed by atoms with E-state index >= 15 is 0 Å². The Bertz CT molecular complexity index is 1430. The van der Waals surface area contributed by atoms with E-state index in [1.165, 1.54) is 0 Å². The van der Waals surface area contributed by atoms with Gasteiger partial charge in [-0.15, -0.1) is 0 Å². The molecular weight excluding hydrogens is 494 g/mol. The molecule has 0 aliphatic carbocycles. The zero-order chi connectivity index (χ0) is 27.2. The summed E-state index contributed by atoms with van der Waals surface area (Å²) >= 11 is 0. The highest BCUT2D eigenvalue weighted by molar-refractivity contribution is 6.00. The minimum Gasteiger partial charge on any atom is -0.466 e. The van der Waals surface area contributed by atoms with E-state index in [9.17, 15) is 18.4 Å². The Labute approximate surface area is 218 Å². The highest BCUT2D eigenvalue weighted by Gasteiger charge is 2.30. The predicted molar refractivity (Wildman–Crippen MR) is 138 cm³/mol. The van der Waals surface area contributed by atoms with Gasteiger partial charge in [0.2, 0.25) is 0 Å². The first kappa shape index (κ1) is 26.5. The number of aromatic nitrogens is 1. The molecule has 0 spiro atoms. The Morgan fingerprint density at radius 3 is 2.08 bits per heavy atom. The van der Waals surface area contributed by atoms with Crippen LogP contribution < -0.4 is 4.90 Å². The van der Waals surface area contributed by atoms with Gasteiger partial charge in [-0.2, -0.15) is 0 Å². The summed E-state index contributed by atoms with van der Waals surface area (Å²) in [6, 6.07) is 17.8. The fourth-order valence-electron chi connectivity index (χ4n) is 3.99. The van der Waals surface area contributed by atoms with Gasteiger partial charge in [-0.25, -0.2) is 18.5 Å². The highest BCUT2D eigenvalue weighted by atomic mass is 19.1. The number of nitrogens with zero attached hydrogens (tertiary/aromatic N) is 2. The lowest BCUT2D eigenvalue weighted by Crippen LogP contribution is -2.28. The van der Waals surface area contributed by atoms with Crippen LogP contribution in [0.25, 0.3) is 22.5 Å². The molecule has 0 bridgehead atoms. The first-order valence-corrected chi connectivity index (χ1v) is 12.1. The summed E-state index contributed by atoms with van der Waals surface area (Å²) in [5.74, 6) is -1.77. The molecule has 4 aromatic rings. The van der Waals surface area contributed by atoms with Gasteiger partial charge in [0, 0.05) is 11.6 Å². The van der Waals surface area contributed by atoms with Crippen molar-refractivity contribution < 1.29 is 32.4 Å². The molecule has 3 aromatic carbocycles. The van der Waals surface area contributed by atoms with Gasteiger partial charge in [-0.05, 0) is 49.6 Å². The van der Waals surface area contributed by atoms with Gasteiger partial charge in [0.25, 0.3) is 0 Å². The number of rotatable bonds is 8. The van der Waals surface area contributed by atoms with Crippen molar-refractivity contribution in [1.82, 2.24) is 5.16 Å². The molecule has 0 aliphatic heterocycles. The number of halogens is 2. The topological polar surface area (TPSA) is 81.9 Å². The SMILES string of the molecule is CCOC(=O)Cc1ccc(-c2ccc(-c3onc(C)c3N(C(=O)OCC)c3ccc(F)cc3F)cc2)cc1. The minimum absolute atomic E-state index is 0.0467. The molecule has 7 nitrogen and oxygen atoms in total. The smallest absolute Gasteiger partial charge is 0.419 e. The molecular formula is C29H26F2N2O5. The summed E-state index contributed by atoms with van der Waals surface area (Å²) in [4.78, 5) is 25.6. The van der Waals surface area contributed by atoms with E-state index in [2.05, 4.69) is 5.16 Å². The number of carbonyl (C=O) groups is 2. The number of benzene rings is 3. The zero-order valence-corrected chi connectivity index (χ0v) is 21.2. The normalized spacial score (nSPS) is 10.8. The molecule has 1 heterocycles. The summed E-state index contributed by atoms with van der Waals surface area (Å²) < 4.78 is 44.1. The minimum atomic E-state index is -0.939. The molecule has 4 rings (SSSR count). The second-order valence-electron chi connectivity index (χ2n) is 8.33. The van der Waals surface area contributed by atoms with Crippen LogP contribution >= 0.6 is 0 Å². The number of hydrogen-bond acceptors (Lipinski definition) is 6. The Kier molecular flexibility index (Phi) is 8.15. The summed E-state index contributed by atoms with van der Waals surface area (Å²) in [6.07, 6.45) is -0.656. The molecule has 1 amide bonds. The Morgan fingerprint density at radius 1 is 0.868 bits per heavy atom. The summed E-state index contributed by atoms with van der Waals surface area (Å²) in [5, 5.41) is 4.00. The Balaban J connectivity index is 1.66. The van der Waals surface area contributed by atoms with Crippen LogP contribution in [-0.2, 0) is 20.7 Å². The lowest BCUT2D eigenvalue weighted by molar-refractivity contribution is -0.142. The lowest BCUT2D eigenvalue weighted by Gasteiger charge is -2.22. The Morgan fingerprint density at radius 2 is 1.47 bits per heavy atom. The maximum atomic E-state index is 14.8. The molecule has 0 saturated heterocycles. The maximum absolute atomic E-state index is 14.8. The van der Waals surface area contributed by atoms with E-state index in [0.717, 1.165) is 33.7 Å². The molecule has 0 N–H and O–H groups in total. The Hall–Kier alpha value is -4.53. The van der Waals surface area contributed by atoms with E-state index in [4.69, 9.17) is 14.0 Å². The third-order valence-corrected chi connectivity index (χ3v) is 5.74. The molecule has 196 valence electrons. The average molecular weight is 521 g/mol. The van der Waals surface area contributed by atoms with E-state index in [1.54, 1.807) is 32.9 Å². The number of hydrogen-bond donors (Lipinski definition) is 0. The number of esters is 1. The molecule has 0 saturated carbocycles.